The van der Waals surface area contributed by atoms with Gasteiger partial charge >= 0.3 is 39.5 Å². The number of phosphoric ester groups is 2. The number of hydrogen-bond donors (Lipinski definition) is 3. The molecule has 0 saturated carbocycles. The molecule has 0 amide bonds. The molecule has 0 aromatic heterocycles. The highest BCUT2D eigenvalue weighted by molar-refractivity contribution is 7.47. The molecule has 3 N–H and O–H groups in total. The molecule has 0 fully saturated rings. The van der Waals surface area contributed by atoms with E-state index < -0.39 is 97.5 Å². The molecule has 4 unspecified atom stereocenters. The van der Waals surface area contributed by atoms with Crippen molar-refractivity contribution in [2.45, 2.75) is 414 Å². The van der Waals surface area contributed by atoms with Crippen LogP contribution in [0.5, 0.6) is 0 Å². The van der Waals surface area contributed by atoms with E-state index >= 15 is 0 Å². The van der Waals surface area contributed by atoms with E-state index in [4.69, 9.17) is 37.0 Å². The number of esters is 4. The molecule has 0 aliphatic carbocycles. The van der Waals surface area contributed by atoms with Crippen LogP contribution in [0.1, 0.15) is 396 Å². The average molecular weight is 1420 g/mol. The fourth-order valence-electron chi connectivity index (χ4n) is 11.9. The lowest BCUT2D eigenvalue weighted by Crippen LogP contribution is -2.30. The Balaban J connectivity index is 5.19. The molecule has 0 radical (unpaired) electrons. The van der Waals surface area contributed by atoms with Gasteiger partial charge < -0.3 is 33.8 Å². The van der Waals surface area contributed by atoms with Crippen LogP contribution in [0.4, 0.5) is 0 Å². The fraction of sp³-hybridized carbons (Fsp3) is 0.949. The number of unbranched alkanes of at least 4 members (excludes halogenated alkanes) is 40. The molecule has 0 rings (SSSR count). The number of rotatable bonds is 75. The second kappa shape index (κ2) is 67.2. The van der Waals surface area contributed by atoms with Crippen molar-refractivity contribution in [3.8, 4) is 0 Å². The highest BCUT2D eigenvalue weighted by Crippen LogP contribution is 2.45. The van der Waals surface area contributed by atoms with Crippen LogP contribution in [0.3, 0.4) is 0 Å². The lowest BCUT2D eigenvalue weighted by atomic mass is 9.99. The Morgan fingerprint density at radius 2 is 0.495 bits per heavy atom. The van der Waals surface area contributed by atoms with Crippen molar-refractivity contribution in [1.29, 1.82) is 0 Å². The van der Waals surface area contributed by atoms with E-state index in [1.807, 2.05) is 0 Å². The summed E-state index contributed by atoms with van der Waals surface area (Å²) >= 11 is 0. The van der Waals surface area contributed by atoms with Crippen LogP contribution in [0.25, 0.3) is 0 Å². The minimum Gasteiger partial charge on any atom is -0.462 e. The topological polar surface area (TPSA) is 237 Å². The van der Waals surface area contributed by atoms with Crippen molar-refractivity contribution in [3.63, 3.8) is 0 Å². The molecule has 97 heavy (non-hydrogen) atoms. The molecular formula is C78H152O17P2. The smallest absolute Gasteiger partial charge is 0.462 e. The predicted octanol–water partition coefficient (Wildman–Crippen LogP) is 22.8. The fourth-order valence-corrected chi connectivity index (χ4v) is 13.5. The summed E-state index contributed by atoms with van der Waals surface area (Å²) in [5.41, 5.74) is 0. The lowest BCUT2D eigenvalue weighted by Gasteiger charge is -2.21. The standard InChI is InChI=1S/C78H152O17P2/c1-9-71(8)57-49-41-33-25-21-17-14-15-19-23-27-35-45-53-61-78(83)95-74(65-89-76(81)59-51-43-37-29-32-40-48-56-70(6)7)67-93-97(86,87)91-63-72(79)62-90-96(84,85)92-66-73(64-88-75(80)58-50-42-36-28-31-39-47-55-69(4)5)94-77(82)60-52-44-34-26-22-18-13-11-10-12-16-20-24-30-38-46-54-68(2)3/h68-74,79H,9-67H2,1-8H3,(H,84,85)(H,86,87)/t71?,72?,73-,74-/m1/s1. The van der Waals surface area contributed by atoms with Crippen LogP contribution < -0.4 is 0 Å². The molecule has 19 heteroatoms. The van der Waals surface area contributed by atoms with Gasteiger partial charge in [-0.2, -0.15) is 0 Å². The van der Waals surface area contributed by atoms with Gasteiger partial charge in [-0.1, -0.05) is 344 Å². The number of phosphoric acid groups is 2. The van der Waals surface area contributed by atoms with Crippen molar-refractivity contribution in [2.75, 3.05) is 39.6 Å². The molecule has 0 aromatic carbocycles. The Bertz CT molecular complexity index is 1900. The Hall–Kier alpha value is -1.94. The Kier molecular flexibility index (Phi) is 65.9. The molecular weight excluding hydrogens is 1270 g/mol. The maximum atomic E-state index is 13.1. The monoisotopic (exact) mass is 1420 g/mol. The minimum absolute atomic E-state index is 0.106. The summed E-state index contributed by atoms with van der Waals surface area (Å²) in [5.74, 6) is 0.945. The average Bonchev–Trinajstić information content (AvgIpc) is 0.972. The van der Waals surface area contributed by atoms with Crippen LogP contribution in [-0.4, -0.2) is 96.7 Å². The molecule has 0 spiro atoms. The van der Waals surface area contributed by atoms with Gasteiger partial charge in [0, 0.05) is 25.7 Å². The highest BCUT2D eigenvalue weighted by Gasteiger charge is 2.30. The van der Waals surface area contributed by atoms with E-state index in [1.54, 1.807) is 0 Å². The van der Waals surface area contributed by atoms with E-state index in [0.29, 0.717) is 37.5 Å². The van der Waals surface area contributed by atoms with E-state index in [2.05, 4.69) is 55.4 Å². The van der Waals surface area contributed by atoms with Crippen molar-refractivity contribution < 1.29 is 80.2 Å². The zero-order valence-electron chi connectivity index (χ0n) is 63.7. The number of aliphatic hydroxyl groups excluding tert-OH is 1. The van der Waals surface area contributed by atoms with Crippen LogP contribution in [0, 0.1) is 23.7 Å². The normalized spacial score (nSPS) is 14.4. The van der Waals surface area contributed by atoms with Crippen LogP contribution >= 0.6 is 15.6 Å². The van der Waals surface area contributed by atoms with E-state index in [-0.39, 0.29) is 25.7 Å². The first kappa shape index (κ1) is 95.1. The lowest BCUT2D eigenvalue weighted by molar-refractivity contribution is -0.161. The molecule has 0 aromatic rings. The quantitative estimate of drug-likeness (QED) is 0.0222. The summed E-state index contributed by atoms with van der Waals surface area (Å²) in [4.78, 5) is 72.8. The van der Waals surface area contributed by atoms with E-state index in [0.717, 1.165) is 115 Å². The van der Waals surface area contributed by atoms with Crippen molar-refractivity contribution in [3.05, 3.63) is 0 Å². The van der Waals surface area contributed by atoms with Crippen LogP contribution in [-0.2, 0) is 65.4 Å². The molecule has 0 bridgehead atoms. The molecule has 6 atom stereocenters. The summed E-state index contributed by atoms with van der Waals surface area (Å²) in [7, 11) is -9.92. The molecule has 0 aliphatic heterocycles. The molecule has 576 valence electrons. The third kappa shape index (κ3) is 70.9. The Morgan fingerprint density at radius 3 is 0.732 bits per heavy atom. The maximum Gasteiger partial charge on any atom is 0.472 e. The summed E-state index contributed by atoms with van der Waals surface area (Å²) in [5, 5.41) is 10.6. The van der Waals surface area contributed by atoms with Gasteiger partial charge in [0.15, 0.2) is 12.2 Å². The van der Waals surface area contributed by atoms with Crippen LogP contribution in [0.15, 0.2) is 0 Å². The first-order valence-corrected chi connectivity index (χ1v) is 43.2. The first-order chi connectivity index (χ1) is 46.6. The Morgan fingerprint density at radius 1 is 0.289 bits per heavy atom. The third-order valence-electron chi connectivity index (χ3n) is 18.4. The SMILES string of the molecule is CCC(C)CCCCCCCCCCCCCCCCC(=O)O[C@H](COC(=O)CCCCCCCCCC(C)C)COP(=O)(O)OCC(O)COP(=O)(O)OC[C@@H](COC(=O)CCCCCCCCCC(C)C)OC(=O)CCCCCCCCCCCCCCCCCCC(C)C. The van der Waals surface area contributed by atoms with Gasteiger partial charge in [-0.25, -0.2) is 9.13 Å². The zero-order chi connectivity index (χ0) is 71.7. The van der Waals surface area contributed by atoms with Crippen molar-refractivity contribution >= 4 is 39.5 Å². The van der Waals surface area contributed by atoms with Gasteiger partial charge in [0.05, 0.1) is 26.4 Å². The summed E-state index contributed by atoms with van der Waals surface area (Å²) < 4.78 is 68.6. The first-order valence-electron chi connectivity index (χ1n) is 40.2. The third-order valence-corrected chi connectivity index (χ3v) is 20.3. The van der Waals surface area contributed by atoms with Gasteiger partial charge in [0.25, 0.3) is 0 Å². The molecule has 17 nitrogen and oxygen atoms in total. The molecule has 0 aliphatic rings. The highest BCUT2D eigenvalue weighted by atomic mass is 31.2. The summed E-state index contributed by atoms with van der Waals surface area (Å²) in [6.45, 7) is 14.2. The van der Waals surface area contributed by atoms with Crippen LogP contribution in [0.2, 0.25) is 0 Å². The van der Waals surface area contributed by atoms with Gasteiger partial charge in [-0.3, -0.25) is 37.3 Å². The van der Waals surface area contributed by atoms with Gasteiger partial charge in [0.2, 0.25) is 0 Å². The minimum atomic E-state index is -4.96. The largest absolute Gasteiger partial charge is 0.472 e. The van der Waals surface area contributed by atoms with Gasteiger partial charge in [-0.05, 0) is 49.4 Å². The number of aliphatic hydroxyl groups is 1. The van der Waals surface area contributed by atoms with Crippen molar-refractivity contribution in [1.82, 2.24) is 0 Å². The molecule has 0 heterocycles. The van der Waals surface area contributed by atoms with Gasteiger partial charge in [0.1, 0.15) is 19.3 Å². The van der Waals surface area contributed by atoms with E-state index in [9.17, 15) is 43.2 Å². The molecule has 0 saturated heterocycles. The predicted molar refractivity (Wildman–Crippen MR) is 395 cm³/mol. The van der Waals surface area contributed by atoms with Gasteiger partial charge in [-0.15, -0.1) is 0 Å². The number of carbonyl (C=O) groups excluding carboxylic acids is 4. The second-order valence-electron chi connectivity index (χ2n) is 29.8. The van der Waals surface area contributed by atoms with E-state index in [1.165, 1.54) is 186 Å². The van der Waals surface area contributed by atoms with Crippen molar-refractivity contribution in [2.24, 2.45) is 23.7 Å². The zero-order valence-corrected chi connectivity index (χ0v) is 65.5. The number of carbonyl (C=O) groups is 4. The number of ether oxygens (including phenoxy) is 4. The summed E-state index contributed by atoms with van der Waals surface area (Å²) in [6, 6.07) is 0. The maximum absolute atomic E-state index is 13.1. The Labute approximate surface area is 594 Å². The summed E-state index contributed by atoms with van der Waals surface area (Å²) in [6.07, 6.45) is 52.9. The number of hydrogen-bond acceptors (Lipinski definition) is 15. The second-order valence-corrected chi connectivity index (χ2v) is 32.7.